The monoisotopic (exact) mass is 356 g/mol. The zero-order chi connectivity index (χ0) is 17.4. The van der Waals surface area contributed by atoms with Crippen molar-refractivity contribution in [2.24, 2.45) is 0 Å². The molecule has 25 heavy (non-hydrogen) atoms. The van der Waals surface area contributed by atoms with Gasteiger partial charge in [-0.1, -0.05) is 30.3 Å². The molecule has 0 atom stereocenters. The Morgan fingerprint density at radius 1 is 1.00 bits per heavy atom. The maximum Gasteiger partial charge on any atom is 0.211 e. The van der Waals surface area contributed by atoms with Gasteiger partial charge in [0.05, 0.1) is 6.26 Å². The first kappa shape index (κ1) is 16.2. The van der Waals surface area contributed by atoms with Gasteiger partial charge in [0.2, 0.25) is 10.0 Å². The maximum absolute atomic E-state index is 11.6. The van der Waals surface area contributed by atoms with Gasteiger partial charge >= 0.3 is 0 Å². The van der Waals surface area contributed by atoms with Gasteiger partial charge in [0.15, 0.2) is 11.5 Å². The molecule has 7 heteroatoms. The maximum atomic E-state index is 11.6. The Kier molecular flexibility index (Phi) is 4.05. The highest BCUT2D eigenvalue weighted by Crippen LogP contribution is 2.27. The predicted octanol–water partition coefficient (Wildman–Crippen LogP) is 2.54. The molecule has 0 unspecified atom stereocenters. The molecule has 3 aromatic rings. The van der Waals surface area contributed by atoms with E-state index in [9.17, 15) is 8.42 Å². The van der Waals surface area contributed by atoms with Crippen molar-refractivity contribution < 1.29 is 8.42 Å². The molecule has 1 aliphatic rings. The minimum atomic E-state index is -3.11. The number of pyridine rings is 1. The van der Waals surface area contributed by atoms with Crippen LogP contribution in [0.1, 0.15) is 24.6 Å². The van der Waals surface area contributed by atoms with Crippen LogP contribution in [-0.2, 0) is 10.0 Å². The predicted molar refractivity (Wildman–Crippen MR) is 96.8 cm³/mol. The fourth-order valence-electron chi connectivity index (χ4n) is 3.32. The highest BCUT2D eigenvalue weighted by molar-refractivity contribution is 7.88. The molecule has 1 aromatic carbocycles. The average Bonchev–Trinajstić information content (AvgIpc) is 3.05. The quantitative estimate of drug-likeness (QED) is 0.723. The van der Waals surface area contributed by atoms with Gasteiger partial charge in [0.1, 0.15) is 0 Å². The molecule has 0 spiro atoms. The van der Waals surface area contributed by atoms with Crippen LogP contribution in [0.5, 0.6) is 0 Å². The molecule has 2 aromatic heterocycles. The SMILES string of the molecule is CS(=O)(=O)N1CCC(c2nc3ccc(-c4ccccc4)cn3n2)CC1. The second-order valence-corrected chi connectivity index (χ2v) is 8.48. The van der Waals surface area contributed by atoms with Crippen molar-refractivity contribution >= 4 is 15.7 Å². The lowest BCUT2D eigenvalue weighted by Gasteiger charge is -2.28. The number of benzene rings is 1. The molecule has 3 heterocycles. The topological polar surface area (TPSA) is 67.6 Å². The van der Waals surface area contributed by atoms with E-state index in [1.807, 2.05) is 35.0 Å². The van der Waals surface area contributed by atoms with E-state index in [1.54, 1.807) is 0 Å². The minimum Gasteiger partial charge on any atom is -0.220 e. The van der Waals surface area contributed by atoms with Crippen molar-refractivity contribution in [3.63, 3.8) is 0 Å². The summed E-state index contributed by atoms with van der Waals surface area (Å²) in [7, 11) is -3.11. The van der Waals surface area contributed by atoms with Gasteiger partial charge in [0.25, 0.3) is 0 Å². The summed E-state index contributed by atoms with van der Waals surface area (Å²) in [5.41, 5.74) is 3.06. The Morgan fingerprint density at radius 3 is 2.40 bits per heavy atom. The first-order valence-corrected chi connectivity index (χ1v) is 10.2. The Morgan fingerprint density at radius 2 is 1.72 bits per heavy atom. The number of rotatable bonds is 3. The fraction of sp³-hybridized carbons (Fsp3) is 0.333. The van der Waals surface area contributed by atoms with Crippen LogP contribution in [0.15, 0.2) is 48.7 Å². The summed E-state index contributed by atoms with van der Waals surface area (Å²) in [5, 5.41) is 4.65. The third-order valence-corrected chi connectivity index (χ3v) is 6.05. The molecule has 130 valence electrons. The molecule has 1 saturated heterocycles. The van der Waals surface area contributed by atoms with E-state index in [0.29, 0.717) is 13.1 Å². The summed E-state index contributed by atoms with van der Waals surface area (Å²) in [6.45, 7) is 1.07. The van der Waals surface area contributed by atoms with E-state index in [1.165, 1.54) is 10.6 Å². The Hall–Kier alpha value is -2.25. The number of aromatic nitrogens is 3. The fourth-order valence-corrected chi connectivity index (χ4v) is 4.19. The summed E-state index contributed by atoms with van der Waals surface area (Å²) < 4.78 is 26.6. The smallest absolute Gasteiger partial charge is 0.211 e. The third kappa shape index (κ3) is 3.29. The van der Waals surface area contributed by atoms with Crippen LogP contribution in [-0.4, -0.2) is 46.7 Å². The van der Waals surface area contributed by atoms with Crippen LogP contribution in [0.4, 0.5) is 0 Å². The number of fused-ring (bicyclic) bond motifs is 1. The van der Waals surface area contributed by atoms with E-state index in [0.717, 1.165) is 35.4 Å². The van der Waals surface area contributed by atoms with Gasteiger partial charge in [-0.05, 0) is 30.5 Å². The van der Waals surface area contributed by atoms with E-state index in [4.69, 9.17) is 0 Å². The van der Waals surface area contributed by atoms with E-state index < -0.39 is 10.0 Å². The highest BCUT2D eigenvalue weighted by Gasteiger charge is 2.28. The first-order chi connectivity index (χ1) is 12.0. The molecule has 0 radical (unpaired) electrons. The Bertz CT molecular complexity index is 990. The minimum absolute atomic E-state index is 0.207. The van der Waals surface area contributed by atoms with Crippen molar-refractivity contribution in [3.05, 3.63) is 54.5 Å². The lowest BCUT2D eigenvalue weighted by Crippen LogP contribution is -2.37. The lowest BCUT2D eigenvalue weighted by molar-refractivity contribution is 0.315. The molecule has 4 rings (SSSR count). The van der Waals surface area contributed by atoms with Gasteiger partial charge in [-0.25, -0.2) is 22.2 Å². The van der Waals surface area contributed by atoms with Crippen molar-refractivity contribution in [2.75, 3.05) is 19.3 Å². The van der Waals surface area contributed by atoms with Crippen LogP contribution in [0.3, 0.4) is 0 Å². The molecule has 0 saturated carbocycles. The summed E-state index contributed by atoms with van der Waals surface area (Å²) in [5.74, 6) is 1.01. The van der Waals surface area contributed by atoms with Crippen molar-refractivity contribution in [3.8, 4) is 11.1 Å². The molecule has 0 aliphatic carbocycles. The van der Waals surface area contributed by atoms with Gasteiger partial charge in [-0.2, -0.15) is 5.10 Å². The second kappa shape index (κ2) is 6.24. The van der Waals surface area contributed by atoms with Crippen molar-refractivity contribution in [1.29, 1.82) is 0 Å². The Labute approximate surface area is 147 Å². The van der Waals surface area contributed by atoms with Crippen LogP contribution in [0.25, 0.3) is 16.8 Å². The molecular weight excluding hydrogens is 336 g/mol. The number of hydrogen-bond acceptors (Lipinski definition) is 4. The number of nitrogens with zero attached hydrogens (tertiary/aromatic N) is 4. The van der Waals surface area contributed by atoms with E-state index in [-0.39, 0.29) is 5.92 Å². The zero-order valence-electron chi connectivity index (χ0n) is 14.0. The normalized spacial score (nSPS) is 17.2. The van der Waals surface area contributed by atoms with Crippen LogP contribution in [0, 0.1) is 0 Å². The molecule has 1 fully saturated rings. The van der Waals surface area contributed by atoms with Crippen molar-refractivity contribution in [1.82, 2.24) is 18.9 Å². The second-order valence-electron chi connectivity index (χ2n) is 6.49. The van der Waals surface area contributed by atoms with Crippen molar-refractivity contribution in [2.45, 2.75) is 18.8 Å². The third-order valence-electron chi connectivity index (χ3n) is 4.74. The Balaban J connectivity index is 1.58. The lowest BCUT2D eigenvalue weighted by atomic mass is 9.98. The standard InChI is InChI=1S/C18H20N4O2S/c1-25(23,24)21-11-9-15(10-12-21)18-19-17-8-7-16(13-22(17)20-18)14-5-3-2-4-6-14/h2-8,13,15H,9-12H2,1H3. The number of sulfonamides is 1. The number of hydrogen-bond donors (Lipinski definition) is 0. The zero-order valence-corrected chi connectivity index (χ0v) is 14.9. The van der Waals surface area contributed by atoms with E-state index in [2.05, 4.69) is 28.3 Å². The van der Waals surface area contributed by atoms with Crippen LogP contribution >= 0.6 is 0 Å². The van der Waals surface area contributed by atoms with Crippen LogP contribution < -0.4 is 0 Å². The molecule has 0 bridgehead atoms. The number of piperidine rings is 1. The molecule has 6 nitrogen and oxygen atoms in total. The summed E-state index contributed by atoms with van der Waals surface area (Å²) >= 11 is 0. The van der Waals surface area contributed by atoms with Gasteiger partial charge in [-0.3, -0.25) is 0 Å². The molecule has 1 aliphatic heterocycles. The molecule has 0 N–H and O–H groups in total. The van der Waals surface area contributed by atoms with Crippen LogP contribution in [0.2, 0.25) is 0 Å². The largest absolute Gasteiger partial charge is 0.220 e. The van der Waals surface area contributed by atoms with E-state index >= 15 is 0 Å². The summed E-state index contributed by atoms with van der Waals surface area (Å²) in [6, 6.07) is 14.2. The highest BCUT2D eigenvalue weighted by atomic mass is 32.2. The van der Waals surface area contributed by atoms with Gasteiger partial charge in [-0.15, -0.1) is 0 Å². The first-order valence-electron chi connectivity index (χ1n) is 8.37. The molecule has 0 amide bonds. The molecular formula is C18H20N4O2S. The summed E-state index contributed by atoms with van der Waals surface area (Å²) in [4.78, 5) is 4.64. The van der Waals surface area contributed by atoms with Gasteiger partial charge < -0.3 is 0 Å². The van der Waals surface area contributed by atoms with Gasteiger partial charge in [0, 0.05) is 30.8 Å². The summed E-state index contributed by atoms with van der Waals surface area (Å²) in [6.07, 6.45) is 4.78. The average molecular weight is 356 g/mol.